The van der Waals surface area contributed by atoms with Gasteiger partial charge in [0.05, 0.1) is 0 Å². The van der Waals surface area contributed by atoms with Gasteiger partial charge in [0.15, 0.2) is 0 Å². The fourth-order valence-electron chi connectivity index (χ4n) is 1.39. The second-order valence-corrected chi connectivity index (χ2v) is 3.48. The molecule has 90 valence electrons. The Balaban J connectivity index is 2.21. The van der Waals surface area contributed by atoms with Gasteiger partial charge in [-0.15, -0.1) is 0 Å². The molecule has 1 heterocycles. The summed E-state index contributed by atoms with van der Waals surface area (Å²) >= 11 is 0. The van der Waals surface area contributed by atoms with E-state index < -0.39 is 0 Å². The Morgan fingerprint density at radius 3 is 2.61 bits per heavy atom. The van der Waals surface area contributed by atoms with Crippen LogP contribution in [0, 0.1) is 17.1 Å². The largest absolute Gasteiger partial charge is 0.420 e. The third-order valence-electron chi connectivity index (χ3n) is 2.27. The molecule has 0 saturated carbocycles. The molecular weight excluding hydrogens is 233 g/mol. The van der Waals surface area contributed by atoms with Gasteiger partial charge < -0.3 is 9.73 Å². The summed E-state index contributed by atoms with van der Waals surface area (Å²) in [6, 6.07) is 7.94. The van der Waals surface area contributed by atoms with Gasteiger partial charge in [-0.1, -0.05) is 12.1 Å². The van der Waals surface area contributed by atoms with Crippen LogP contribution in [0.25, 0.3) is 12.2 Å². The molecule has 1 N–H and O–H groups in total. The first-order valence-corrected chi connectivity index (χ1v) is 5.25. The molecule has 2 rings (SSSR count). The number of hydrogen-bond acceptors (Lipinski definition) is 4. The van der Waals surface area contributed by atoms with Crippen LogP contribution in [0.15, 0.2) is 28.7 Å². The normalized spacial score (nSPS) is 10.5. The first kappa shape index (κ1) is 11.9. The minimum Gasteiger partial charge on any atom is -0.420 e. The average Bonchev–Trinajstić information content (AvgIpc) is 2.80. The van der Waals surface area contributed by atoms with Gasteiger partial charge in [0.1, 0.15) is 11.9 Å². The second kappa shape index (κ2) is 5.15. The summed E-state index contributed by atoms with van der Waals surface area (Å²) < 4.78 is 18.0. The SMILES string of the molecule is CNc1oc(/C=C/c2ccc(F)cc2)nc1C#N. The van der Waals surface area contributed by atoms with E-state index in [0.717, 1.165) is 5.56 Å². The van der Waals surface area contributed by atoms with Crippen LogP contribution in [0.4, 0.5) is 10.3 Å². The van der Waals surface area contributed by atoms with E-state index in [4.69, 9.17) is 9.68 Å². The summed E-state index contributed by atoms with van der Waals surface area (Å²) in [5.74, 6) is 0.365. The maximum Gasteiger partial charge on any atom is 0.232 e. The van der Waals surface area contributed by atoms with Crippen LogP contribution in [0.3, 0.4) is 0 Å². The van der Waals surface area contributed by atoms with E-state index in [1.54, 1.807) is 31.3 Å². The number of halogens is 1. The van der Waals surface area contributed by atoms with E-state index in [0.29, 0.717) is 11.8 Å². The van der Waals surface area contributed by atoms with E-state index in [-0.39, 0.29) is 11.5 Å². The van der Waals surface area contributed by atoms with Gasteiger partial charge in [-0.2, -0.15) is 10.2 Å². The van der Waals surface area contributed by atoms with Crippen molar-refractivity contribution in [1.82, 2.24) is 4.98 Å². The van der Waals surface area contributed by atoms with Crippen molar-refractivity contribution in [1.29, 1.82) is 5.26 Å². The van der Waals surface area contributed by atoms with Crippen molar-refractivity contribution < 1.29 is 8.81 Å². The van der Waals surface area contributed by atoms with Crippen LogP contribution in [0.5, 0.6) is 0 Å². The molecule has 0 amide bonds. The molecule has 0 aliphatic heterocycles. The van der Waals surface area contributed by atoms with Crippen molar-refractivity contribution in [2.45, 2.75) is 0 Å². The number of nitrogens with zero attached hydrogens (tertiary/aromatic N) is 2. The van der Waals surface area contributed by atoms with Crippen LogP contribution in [-0.2, 0) is 0 Å². The lowest BCUT2D eigenvalue weighted by atomic mass is 10.2. The number of anilines is 1. The Morgan fingerprint density at radius 1 is 1.33 bits per heavy atom. The van der Waals surface area contributed by atoms with E-state index in [1.165, 1.54) is 12.1 Å². The molecule has 1 aromatic carbocycles. The van der Waals surface area contributed by atoms with Crippen LogP contribution < -0.4 is 5.32 Å². The first-order valence-electron chi connectivity index (χ1n) is 5.25. The monoisotopic (exact) mass is 243 g/mol. The zero-order chi connectivity index (χ0) is 13.0. The zero-order valence-corrected chi connectivity index (χ0v) is 9.64. The quantitative estimate of drug-likeness (QED) is 0.900. The third kappa shape index (κ3) is 2.55. The molecule has 0 saturated heterocycles. The van der Waals surface area contributed by atoms with Crippen molar-refractivity contribution in [2.75, 3.05) is 12.4 Å². The number of oxazole rings is 1. The molecule has 0 unspecified atom stereocenters. The lowest BCUT2D eigenvalue weighted by molar-refractivity contribution is 0.561. The highest BCUT2D eigenvalue weighted by Crippen LogP contribution is 2.17. The summed E-state index contributed by atoms with van der Waals surface area (Å²) in [7, 11) is 1.65. The fourth-order valence-corrected chi connectivity index (χ4v) is 1.39. The predicted molar refractivity (Wildman–Crippen MR) is 66.1 cm³/mol. The lowest BCUT2D eigenvalue weighted by Gasteiger charge is -1.91. The van der Waals surface area contributed by atoms with Gasteiger partial charge in [-0.3, -0.25) is 0 Å². The van der Waals surface area contributed by atoms with Crippen LogP contribution in [-0.4, -0.2) is 12.0 Å². The summed E-state index contributed by atoms with van der Waals surface area (Å²) in [6.07, 6.45) is 3.35. The summed E-state index contributed by atoms with van der Waals surface area (Å²) in [6.45, 7) is 0. The number of nitriles is 1. The molecule has 0 radical (unpaired) electrons. The first-order chi connectivity index (χ1) is 8.72. The van der Waals surface area contributed by atoms with Crippen molar-refractivity contribution in [2.24, 2.45) is 0 Å². The van der Waals surface area contributed by atoms with Crippen LogP contribution in [0.1, 0.15) is 17.1 Å². The Morgan fingerprint density at radius 2 is 2.06 bits per heavy atom. The molecule has 0 atom stereocenters. The minimum atomic E-state index is -0.285. The van der Waals surface area contributed by atoms with E-state index in [2.05, 4.69) is 10.3 Å². The molecule has 1 aromatic heterocycles. The van der Waals surface area contributed by atoms with E-state index >= 15 is 0 Å². The maximum absolute atomic E-state index is 12.7. The van der Waals surface area contributed by atoms with Gasteiger partial charge in [0.25, 0.3) is 0 Å². The van der Waals surface area contributed by atoms with E-state index in [1.807, 2.05) is 6.07 Å². The molecule has 4 nitrogen and oxygen atoms in total. The summed E-state index contributed by atoms with van der Waals surface area (Å²) in [5.41, 5.74) is 1.02. The van der Waals surface area contributed by atoms with Gasteiger partial charge in [0, 0.05) is 13.1 Å². The number of nitrogens with one attached hydrogen (secondary N) is 1. The zero-order valence-electron chi connectivity index (χ0n) is 9.64. The van der Waals surface area contributed by atoms with Crippen molar-refractivity contribution in [3.63, 3.8) is 0 Å². The van der Waals surface area contributed by atoms with Gasteiger partial charge in [-0.05, 0) is 23.8 Å². The number of rotatable bonds is 3. The summed E-state index contributed by atoms with van der Waals surface area (Å²) in [4.78, 5) is 3.98. The highest BCUT2D eigenvalue weighted by molar-refractivity contribution is 5.67. The van der Waals surface area contributed by atoms with Crippen molar-refractivity contribution in [3.05, 3.63) is 47.2 Å². The Labute approximate surface area is 103 Å². The smallest absolute Gasteiger partial charge is 0.232 e. The summed E-state index contributed by atoms with van der Waals surface area (Å²) in [5, 5.41) is 11.5. The number of benzene rings is 1. The predicted octanol–water partition coefficient (Wildman–Crippen LogP) is 2.90. The van der Waals surface area contributed by atoms with Gasteiger partial charge in [0.2, 0.25) is 17.5 Å². The maximum atomic E-state index is 12.7. The average molecular weight is 243 g/mol. The molecule has 18 heavy (non-hydrogen) atoms. The molecule has 0 bridgehead atoms. The van der Waals surface area contributed by atoms with Gasteiger partial charge >= 0.3 is 0 Å². The topological polar surface area (TPSA) is 61.9 Å². The van der Waals surface area contributed by atoms with Crippen molar-refractivity contribution >= 4 is 18.0 Å². The van der Waals surface area contributed by atoms with E-state index in [9.17, 15) is 4.39 Å². The molecule has 0 spiro atoms. The van der Waals surface area contributed by atoms with Crippen molar-refractivity contribution in [3.8, 4) is 6.07 Å². The van der Waals surface area contributed by atoms with Crippen LogP contribution >= 0.6 is 0 Å². The second-order valence-electron chi connectivity index (χ2n) is 3.48. The van der Waals surface area contributed by atoms with Gasteiger partial charge in [-0.25, -0.2) is 4.39 Å². The highest BCUT2D eigenvalue weighted by atomic mass is 19.1. The molecule has 0 aliphatic carbocycles. The number of hydrogen-bond donors (Lipinski definition) is 1. The standard InChI is InChI=1S/C13H10FN3O/c1-16-13-11(8-15)17-12(18-13)7-4-9-2-5-10(14)6-3-9/h2-7,16H,1H3/b7-4+. The Bertz CT molecular complexity index is 608. The molecule has 2 aromatic rings. The molecule has 0 aliphatic rings. The molecule has 0 fully saturated rings. The highest BCUT2D eigenvalue weighted by Gasteiger charge is 2.08. The molecule has 5 heteroatoms. The lowest BCUT2D eigenvalue weighted by Crippen LogP contribution is -1.87. The Hall–Kier alpha value is -2.61. The number of aromatic nitrogens is 1. The fraction of sp³-hybridized carbons (Fsp3) is 0.0769. The molecular formula is C13H10FN3O. The van der Waals surface area contributed by atoms with Crippen LogP contribution in [0.2, 0.25) is 0 Å². The third-order valence-corrected chi connectivity index (χ3v) is 2.27. The minimum absolute atomic E-state index is 0.205. The Kier molecular flexibility index (Phi) is 3.39.